The minimum Gasteiger partial charge on any atom is -0.491 e. The summed E-state index contributed by atoms with van der Waals surface area (Å²) in [4.78, 5) is 27.8. The Morgan fingerprint density at radius 1 is 1.20 bits per heavy atom. The average molecular weight is 496 g/mol. The van der Waals surface area contributed by atoms with Crippen LogP contribution in [0, 0.1) is 5.82 Å². The lowest BCUT2D eigenvalue weighted by molar-refractivity contribution is -0.265. The predicted octanol–water partition coefficient (Wildman–Crippen LogP) is 2.48. The van der Waals surface area contributed by atoms with Crippen molar-refractivity contribution < 1.29 is 41.5 Å². The van der Waals surface area contributed by atoms with Crippen LogP contribution in [0.25, 0.3) is 11.3 Å². The van der Waals surface area contributed by atoms with Gasteiger partial charge in [-0.25, -0.2) is 9.37 Å². The summed E-state index contributed by atoms with van der Waals surface area (Å²) in [6.45, 7) is 0.301. The number of nitrogens with one attached hydrogen (secondary N) is 1. The molecule has 0 spiro atoms. The Morgan fingerprint density at radius 3 is 2.43 bits per heavy atom. The molecule has 2 aromatic heterocycles. The first kappa shape index (κ1) is 25.6. The third-order valence-corrected chi connectivity index (χ3v) is 4.88. The van der Waals surface area contributed by atoms with Crippen molar-refractivity contribution in [2.75, 3.05) is 13.2 Å². The summed E-state index contributed by atoms with van der Waals surface area (Å²) < 4.78 is 66.1. The first-order valence-corrected chi connectivity index (χ1v) is 10.2. The first-order chi connectivity index (χ1) is 16.5. The highest BCUT2D eigenvalue weighted by Gasteiger charge is 2.56. The number of halogens is 4. The van der Waals surface area contributed by atoms with Crippen LogP contribution in [0.3, 0.4) is 0 Å². The van der Waals surface area contributed by atoms with Crippen molar-refractivity contribution in [1.82, 2.24) is 15.5 Å². The Balaban J connectivity index is 2.17. The molecule has 1 aromatic carbocycles. The van der Waals surface area contributed by atoms with E-state index in [1.54, 1.807) is 6.92 Å². The number of nitrogens with zero attached hydrogens (tertiary/aromatic N) is 2. The molecule has 0 aliphatic heterocycles. The van der Waals surface area contributed by atoms with Crippen molar-refractivity contribution >= 4 is 11.8 Å². The molecule has 13 heteroatoms. The molecule has 9 nitrogen and oxygen atoms in total. The summed E-state index contributed by atoms with van der Waals surface area (Å²) in [5.74, 6) is -3.00. The molecule has 3 rings (SSSR count). The Morgan fingerprint density at radius 2 is 1.89 bits per heavy atom. The zero-order valence-electron chi connectivity index (χ0n) is 18.2. The van der Waals surface area contributed by atoms with E-state index in [0.717, 1.165) is 30.5 Å². The number of benzene rings is 1. The smallest absolute Gasteiger partial charge is 0.424 e. The standard InChI is InChI=1S/C22H20F4N4O5/c1-2-34-19-13(10-17(27)31)9-16(30-18(19)12-3-5-14(23)6-4-12)21(33,22(24,25)26)11-28-20(32)15-7-8-29-35-15/h3-9,33H,2,10-11H2,1H3,(H2,27,31)(H,28,32)/t21-/m0/s1. The highest BCUT2D eigenvalue weighted by molar-refractivity contribution is 5.91. The number of primary amides is 1. The molecule has 0 radical (unpaired) electrons. The number of carbonyl (C=O) groups excluding carboxylic acids is 2. The van der Waals surface area contributed by atoms with Gasteiger partial charge < -0.3 is 25.4 Å². The topological polar surface area (TPSA) is 141 Å². The Labute approximate surface area is 195 Å². The minimum atomic E-state index is -5.33. The van der Waals surface area contributed by atoms with Crippen molar-refractivity contribution in [1.29, 1.82) is 0 Å². The molecule has 4 N–H and O–H groups in total. The van der Waals surface area contributed by atoms with Crippen LogP contribution in [0.5, 0.6) is 5.75 Å². The molecule has 0 fully saturated rings. The van der Waals surface area contributed by atoms with Gasteiger partial charge in [-0.1, -0.05) is 5.16 Å². The summed E-state index contributed by atoms with van der Waals surface area (Å²) in [6, 6.07) is 6.56. The monoisotopic (exact) mass is 496 g/mol. The summed E-state index contributed by atoms with van der Waals surface area (Å²) in [5.41, 5.74) is 0.501. The van der Waals surface area contributed by atoms with Crippen LogP contribution in [-0.2, 0) is 16.8 Å². The van der Waals surface area contributed by atoms with E-state index in [2.05, 4.69) is 14.7 Å². The normalized spacial score (nSPS) is 13.2. The van der Waals surface area contributed by atoms with Crippen LogP contribution in [0.4, 0.5) is 17.6 Å². The maximum Gasteiger partial charge on any atom is 0.424 e. The number of carbonyl (C=O) groups is 2. The van der Waals surface area contributed by atoms with Gasteiger partial charge in [0.05, 0.1) is 31.5 Å². The third-order valence-electron chi connectivity index (χ3n) is 4.88. The van der Waals surface area contributed by atoms with Gasteiger partial charge in [0.1, 0.15) is 17.3 Å². The summed E-state index contributed by atoms with van der Waals surface area (Å²) in [6.07, 6.45) is -4.76. The zero-order valence-corrected chi connectivity index (χ0v) is 18.2. The quantitative estimate of drug-likeness (QED) is 0.387. The summed E-state index contributed by atoms with van der Waals surface area (Å²) >= 11 is 0. The second kappa shape index (κ2) is 10.1. The molecule has 0 saturated heterocycles. The number of ether oxygens (including phenoxy) is 1. The van der Waals surface area contributed by atoms with Crippen LogP contribution in [0.2, 0.25) is 0 Å². The number of pyridine rings is 1. The summed E-state index contributed by atoms with van der Waals surface area (Å²) in [5, 5.41) is 16.0. The van der Waals surface area contributed by atoms with E-state index < -0.39 is 48.1 Å². The van der Waals surface area contributed by atoms with Crippen LogP contribution in [0.15, 0.2) is 47.1 Å². The van der Waals surface area contributed by atoms with E-state index in [1.165, 1.54) is 12.1 Å². The number of amides is 2. The molecule has 0 bridgehead atoms. The van der Waals surface area contributed by atoms with Gasteiger partial charge in [-0.3, -0.25) is 9.59 Å². The molecule has 0 aliphatic carbocycles. The molecule has 2 amide bonds. The molecule has 3 aromatic rings. The van der Waals surface area contributed by atoms with Gasteiger partial charge in [0.15, 0.2) is 0 Å². The van der Waals surface area contributed by atoms with Gasteiger partial charge in [-0.05, 0) is 37.3 Å². The van der Waals surface area contributed by atoms with Crippen molar-refractivity contribution in [2.45, 2.75) is 25.1 Å². The van der Waals surface area contributed by atoms with Gasteiger partial charge in [0.25, 0.3) is 5.91 Å². The fourth-order valence-corrected chi connectivity index (χ4v) is 3.19. The van der Waals surface area contributed by atoms with Crippen molar-refractivity contribution in [3.8, 4) is 17.0 Å². The maximum atomic E-state index is 14.2. The molecule has 0 unspecified atom stereocenters. The predicted molar refractivity (Wildman–Crippen MR) is 112 cm³/mol. The van der Waals surface area contributed by atoms with Crippen molar-refractivity contribution in [2.24, 2.45) is 5.73 Å². The molecule has 0 aliphatic rings. The number of alkyl halides is 3. The minimum absolute atomic E-state index is 0.0533. The first-order valence-electron chi connectivity index (χ1n) is 10.2. The van der Waals surface area contributed by atoms with Crippen LogP contribution in [0.1, 0.15) is 28.7 Å². The molecule has 2 heterocycles. The van der Waals surface area contributed by atoms with Crippen LogP contribution >= 0.6 is 0 Å². The highest BCUT2D eigenvalue weighted by atomic mass is 19.4. The van der Waals surface area contributed by atoms with E-state index in [9.17, 15) is 32.3 Å². The molecule has 186 valence electrons. The fourth-order valence-electron chi connectivity index (χ4n) is 3.19. The van der Waals surface area contributed by atoms with Crippen LogP contribution in [-0.4, -0.2) is 46.4 Å². The van der Waals surface area contributed by atoms with Crippen molar-refractivity contribution in [3.63, 3.8) is 0 Å². The van der Waals surface area contributed by atoms with E-state index in [-0.39, 0.29) is 34.9 Å². The lowest BCUT2D eigenvalue weighted by atomic mass is 9.93. The SMILES string of the molecule is CCOc1c(CC(N)=O)cc([C@@](O)(CNC(=O)c2ccno2)C(F)(F)F)nc1-c1ccc(F)cc1. The van der Waals surface area contributed by atoms with E-state index in [4.69, 9.17) is 10.5 Å². The van der Waals surface area contributed by atoms with Gasteiger partial charge in [-0.2, -0.15) is 13.2 Å². The Bertz CT molecular complexity index is 1200. The molecular weight excluding hydrogens is 476 g/mol. The average Bonchev–Trinajstić information content (AvgIpc) is 3.33. The summed E-state index contributed by atoms with van der Waals surface area (Å²) in [7, 11) is 0. The largest absolute Gasteiger partial charge is 0.491 e. The molecule has 35 heavy (non-hydrogen) atoms. The highest BCUT2D eigenvalue weighted by Crippen LogP contribution is 2.42. The molecule has 0 saturated carbocycles. The van der Waals surface area contributed by atoms with Gasteiger partial charge >= 0.3 is 6.18 Å². The number of aromatic nitrogens is 2. The number of aliphatic hydroxyl groups is 1. The number of nitrogens with two attached hydrogens (primary N) is 1. The van der Waals surface area contributed by atoms with Crippen molar-refractivity contribution in [3.05, 3.63) is 65.4 Å². The number of hydrogen-bond donors (Lipinski definition) is 3. The zero-order chi connectivity index (χ0) is 25.8. The lowest BCUT2D eigenvalue weighted by Crippen LogP contribution is -2.51. The Hall–Kier alpha value is -4.00. The lowest BCUT2D eigenvalue weighted by Gasteiger charge is -2.31. The van der Waals surface area contributed by atoms with Gasteiger partial charge in [-0.15, -0.1) is 0 Å². The van der Waals surface area contributed by atoms with E-state index in [1.807, 2.05) is 5.32 Å². The maximum absolute atomic E-state index is 14.2. The second-order valence-corrected chi connectivity index (χ2v) is 7.34. The van der Waals surface area contributed by atoms with Gasteiger partial charge in [0.2, 0.25) is 17.3 Å². The van der Waals surface area contributed by atoms with Crippen LogP contribution < -0.4 is 15.8 Å². The Kier molecular flexibility index (Phi) is 7.39. The molecular formula is C22H20F4N4O5. The van der Waals surface area contributed by atoms with E-state index in [0.29, 0.717) is 0 Å². The third kappa shape index (κ3) is 5.57. The number of rotatable bonds is 9. The van der Waals surface area contributed by atoms with E-state index >= 15 is 0 Å². The molecule has 1 atom stereocenters. The number of hydrogen-bond acceptors (Lipinski definition) is 7. The fraction of sp³-hybridized carbons (Fsp3) is 0.273. The second-order valence-electron chi connectivity index (χ2n) is 7.34. The van der Waals surface area contributed by atoms with Gasteiger partial charge in [0, 0.05) is 17.2 Å².